The Morgan fingerprint density at radius 3 is 2.43 bits per heavy atom. The van der Waals surface area contributed by atoms with Gasteiger partial charge in [0.25, 0.3) is 0 Å². The van der Waals surface area contributed by atoms with Crippen LogP contribution in [0.4, 0.5) is 4.39 Å². The minimum absolute atomic E-state index is 0. The van der Waals surface area contributed by atoms with E-state index >= 15 is 0 Å². The van der Waals surface area contributed by atoms with Crippen molar-refractivity contribution in [2.45, 2.75) is 40.3 Å². The van der Waals surface area contributed by atoms with Crippen LogP contribution in [0.25, 0.3) is 0 Å². The molecule has 132 valence electrons. The number of benzene rings is 1. The van der Waals surface area contributed by atoms with Crippen molar-refractivity contribution >= 4 is 29.9 Å². The molecule has 1 unspecified atom stereocenters. The van der Waals surface area contributed by atoms with Gasteiger partial charge < -0.3 is 10.6 Å². The molecule has 1 aromatic rings. The van der Waals surface area contributed by atoms with Gasteiger partial charge in [0.1, 0.15) is 5.82 Å². The average molecular weight is 436 g/mol. The van der Waals surface area contributed by atoms with Crippen LogP contribution in [0.5, 0.6) is 0 Å². The van der Waals surface area contributed by atoms with Gasteiger partial charge in [-0.15, -0.1) is 24.0 Å². The van der Waals surface area contributed by atoms with Gasteiger partial charge in [-0.3, -0.25) is 9.89 Å². The monoisotopic (exact) mass is 436 g/mol. The number of guanidine groups is 1. The molecule has 0 spiro atoms. The molecule has 0 aliphatic carbocycles. The second-order valence-corrected chi connectivity index (χ2v) is 5.46. The topological polar surface area (TPSA) is 39.7 Å². The Kier molecular flexibility index (Phi) is 11.2. The lowest BCUT2D eigenvalue weighted by molar-refractivity contribution is 0.231. The van der Waals surface area contributed by atoms with Crippen LogP contribution in [0.3, 0.4) is 0 Å². The Bertz CT molecular complexity index is 489. The summed E-state index contributed by atoms with van der Waals surface area (Å²) in [7, 11) is 1.74. The minimum Gasteiger partial charge on any atom is -0.355 e. The number of halogens is 2. The third kappa shape index (κ3) is 7.48. The first-order valence-electron chi connectivity index (χ1n) is 7.95. The number of nitrogens with zero attached hydrogens (tertiary/aromatic N) is 2. The lowest BCUT2D eigenvalue weighted by Gasteiger charge is -2.27. The van der Waals surface area contributed by atoms with Crippen LogP contribution in [0.2, 0.25) is 0 Å². The molecule has 1 aromatic carbocycles. The van der Waals surface area contributed by atoms with Gasteiger partial charge in [0.05, 0.1) is 0 Å². The molecule has 0 aliphatic heterocycles. The Balaban J connectivity index is 0.00000484. The minimum atomic E-state index is -0.169. The second kappa shape index (κ2) is 11.6. The lowest BCUT2D eigenvalue weighted by atomic mass is 10.1. The lowest BCUT2D eigenvalue weighted by Crippen LogP contribution is -2.45. The van der Waals surface area contributed by atoms with E-state index < -0.39 is 0 Å². The van der Waals surface area contributed by atoms with Gasteiger partial charge >= 0.3 is 0 Å². The van der Waals surface area contributed by atoms with Crippen LogP contribution in [0, 0.1) is 12.7 Å². The first kappa shape index (κ1) is 22.1. The average Bonchev–Trinajstić information content (AvgIpc) is 2.52. The van der Waals surface area contributed by atoms with Gasteiger partial charge in [-0.2, -0.15) is 0 Å². The molecule has 0 saturated carbocycles. The van der Waals surface area contributed by atoms with Gasteiger partial charge in [0.15, 0.2) is 5.96 Å². The van der Waals surface area contributed by atoms with E-state index in [2.05, 4.69) is 41.3 Å². The maximum Gasteiger partial charge on any atom is 0.191 e. The quantitative estimate of drug-likeness (QED) is 0.392. The molecule has 0 amide bonds. The van der Waals surface area contributed by atoms with E-state index in [0.29, 0.717) is 18.2 Å². The van der Waals surface area contributed by atoms with Crippen LogP contribution >= 0.6 is 24.0 Å². The van der Waals surface area contributed by atoms with Gasteiger partial charge in [0.2, 0.25) is 0 Å². The molecule has 0 heterocycles. The third-order valence-corrected chi connectivity index (χ3v) is 3.92. The zero-order valence-corrected chi connectivity index (χ0v) is 17.1. The largest absolute Gasteiger partial charge is 0.355 e. The van der Waals surface area contributed by atoms with Crippen molar-refractivity contribution in [3.8, 4) is 0 Å². The Labute approximate surface area is 157 Å². The molecular formula is C17H30FIN4. The van der Waals surface area contributed by atoms with E-state index in [9.17, 15) is 4.39 Å². The summed E-state index contributed by atoms with van der Waals surface area (Å²) in [6, 6.07) is 5.72. The summed E-state index contributed by atoms with van der Waals surface area (Å²) in [6.07, 6.45) is 0. The summed E-state index contributed by atoms with van der Waals surface area (Å²) < 4.78 is 13.5. The Hall–Kier alpha value is -0.890. The maximum atomic E-state index is 13.5. The second-order valence-electron chi connectivity index (χ2n) is 5.46. The van der Waals surface area contributed by atoms with Crippen molar-refractivity contribution in [3.05, 3.63) is 35.1 Å². The van der Waals surface area contributed by atoms with E-state index in [1.54, 1.807) is 26.1 Å². The number of hydrogen-bond donors (Lipinski definition) is 2. The molecule has 2 N–H and O–H groups in total. The number of rotatable bonds is 7. The smallest absolute Gasteiger partial charge is 0.191 e. The molecule has 0 fully saturated rings. The fraction of sp³-hybridized carbons (Fsp3) is 0.588. The van der Waals surface area contributed by atoms with Gasteiger partial charge in [-0.05, 0) is 44.1 Å². The number of nitrogens with one attached hydrogen (secondary N) is 2. The van der Waals surface area contributed by atoms with Crippen LogP contribution < -0.4 is 10.6 Å². The summed E-state index contributed by atoms with van der Waals surface area (Å²) in [5.41, 5.74) is 1.57. The van der Waals surface area contributed by atoms with E-state index in [1.165, 1.54) is 0 Å². The highest BCUT2D eigenvalue weighted by atomic mass is 127. The molecule has 6 heteroatoms. The fourth-order valence-corrected chi connectivity index (χ4v) is 2.37. The zero-order valence-electron chi connectivity index (χ0n) is 14.8. The van der Waals surface area contributed by atoms with E-state index in [1.807, 2.05) is 6.07 Å². The van der Waals surface area contributed by atoms with Crippen molar-refractivity contribution in [3.63, 3.8) is 0 Å². The highest BCUT2D eigenvalue weighted by Gasteiger charge is 2.10. The molecule has 0 saturated heterocycles. The predicted octanol–water partition coefficient (Wildman–Crippen LogP) is 3.15. The van der Waals surface area contributed by atoms with Gasteiger partial charge in [0, 0.05) is 26.2 Å². The molecular weight excluding hydrogens is 406 g/mol. The zero-order chi connectivity index (χ0) is 16.5. The fourth-order valence-electron chi connectivity index (χ4n) is 2.37. The molecule has 0 aliphatic rings. The van der Waals surface area contributed by atoms with Crippen LogP contribution in [-0.4, -0.2) is 43.6 Å². The molecule has 0 radical (unpaired) electrons. The van der Waals surface area contributed by atoms with Gasteiger partial charge in [-0.25, -0.2) is 4.39 Å². The molecule has 0 bridgehead atoms. The first-order valence-corrected chi connectivity index (χ1v) is 7.95. The standard InChI is InChI=1S/C17H29FN4.HI/c1-6-22(7-2)14(4)11-20-17(19-5)21-12-15-9-8-13(3)16(18)10-15;/h8-10,14H,6-7,11-12H2,1-5H3,(H2,19,20,21);1H. The van der Waals surface area contributed by atoms with Crippen molar-refractivity contribution in [2.24, 2.45) is 4.99 Å². The highest BCUT2D eigenvalue weighted by Crippen LogP contribution is 2.08. The number of aryl methyl sites for hydroxylation is 1. The summed E-state index contributed by atoms with van der Waals surface area (Å²) >= 11 is 0. The van der Waals surface area contributed by atoms with E-state index in [-0.39, 0.29) is 29.8 Å². The van der Waals surface area contributed by atoms with Crippen LogP contribution in [-0.2, 0) is 6.54 Å². The molecule has 0 aromatic heterocycles. The number of likely N-dealkylation sites (N-methyl/N-ethyl adjacent to an activating group) is 1. The summed E-state index contributed by atoms with van der Waals surface area (Å²) in [5, 5.41) is 6.53. The van der Waals surface area contributed by atoms with Crippen molar-refractivity contribution < 1.29 is 4.39 Å². The van der Waals surface area contributed by atoms with Gasteiger partial charge in [-0.1, -0.05) is 26.0 Å². The SMILES string of the molecule is CCN(CC)C(C)CNC(=NC)NCc1ccc(C)c(F)c1.I. The number of aliphatic imine (C=N–C) groups is 1. The molecule has 23 heavy (non-hydrogen) atoms. The molecule has 1 atom stereocenters. The maximum absolute atomic E-state index is 13.5. The van der Waals surface area contributed by atoms with Crippen molar-refractivity contribution in [2.75, 3.05) is 26.7 Å². The molecule has 4 nitrogen and oxygen atoms in total. The van der Waals surface area contributed by atoms with Crippen molar-refractivity contribution in [1.82, 2.24) is 15.5 Å². The van der Waals surface area contributed by atoms with Crippen LogP contribution in [0.1, 0.15) is 31.9 Å². The highest BCUT2D eigenvalue weighted by molar-refractivity contribution is 14.0. The first-order chi connectivity index (χ1) is 10.5. The van der Waals surface area contributed by atoms with Crippen molar-refractivity contribution in [1.29, 1.82) is 0 Å². The third-order valence-electron chi connectivity index (χ3n) is 3.92. The Morgan fingerprint density at radius 1 is 1.26 bits per heavy atom. The Morgan fingerprint density at radius 2 is 1.91 bits per heavy atom. The summed E-state index contributed by atoms with van der Waals surface area (Å²) in [5.74, 6) is 0.567. The normalized spacial score (nSPS) is 12.7. The summed E-state index contributed by atoms with van der Waals surface area (Å²) in [6.45, 7) is 11.7. The summed E-state index contributed by atoms with van der Waals surface area (Å²) in [4.78, 5) is 6.59. The predicted molar refractivity (Wildman–Crippen MR) is 107 cm³/mol. The van der Waals surface area contributed by atoms with E-state index in [0.717, 1.165) is 31.2 Å². The molecule has 1 rings (SSSR count). The number of hydrogen-bond acceptors (Lipinski definition) is 2. The van der Waals surface area contributed by atoms with Crippen LogP contribution in [0.15, 0.2) is 23.2 Å². The van der Waals surface area contributed by atoms with E-state index in [4.69, 9.17) is 0 Å².